The van der Waals surface area contributed by atoms with Gasteiger partial charge in [-0.15, -0.1) is 0 Å². The maximum absolute atomic E-state index is 11.9. The van der Waals surface area contributed by atoms with Crippen LogP contribution in [-0.2, 0) is 16.1 Å². The van der Waals surface area contributed by atoms with Crippen LogP contribution < -0.4 is 4.74 Å². The fraction of sp³-hybridized carbons (Fsp3) is 0.0952. The fourth-order valence-electron chi connectivity index (χ4n) is 2.24. The Morgan fingerprint density at radius 3 is 2.37 bits per heavy atom. The Morgan fingerprint density at radius 2 is 1.67 bits per heavy atom. The van der Waals surface area contributed by atoms with Crippen LogP contribution in [0, 0.1) is 11.3 Å². The first kappa shape index (κ1) is 18.0. The van der Waals surface area contributed by atoms with Gasteiger partial charge in [0.15, 0.2) is 0 Å². The number of nitrogens with zero attached hydrogens (tertiary/aromatic N) is 2. The highest BCUT2D eigenvalue weighted by Crippen LogP contribution is 2.22. The molecule has 0 aliphatic rings. The quantitative estimate of drug-likeness (QED) is 0.588. The topological polar surface area (TPSA) is 81.4 Å². The molecule has 3 rings (SSSR count). The first-order valence-electron chi connectivity index (χ1n) is 8.21. The van der Waals surface area contributed by atoms with Crippen LogP contribution in [0.5, 0.6) is 11.6 Å². The number of hydrogen-bond acceptors (Lipinski definition) is 6. The zero-order chi connectivity index (χ0) is 18.9. The van der Waals surface area contributed by atoms with Gasteiger partial charge < -0.3 is 14.2 Å². The summed E-state index contributed by atoms with van der Waals surface area (Å²) >= 11 is 0. The minimum absolute atomic E-state index is 0.0579. The smallest absolute Gasteiger partial charge is 0.439 e. The lowest BCUT2D eigenvalue weighted by molar-refractivity contribution is 0.0326. The first-order valence-corrected chi connectivity index (χ1v) is 8.21. The average molecular weight is 360 g/mol. The minimum Gasteiger partial charge on any atom is -0.439 e. The third-order valence-corrected chi connectivity index (χ3v) is 3.51. The van der Waals surface area contributed by atoms with Gasteiger partial charge in [0.05, 0.1) is 5.69 Å². The summed E-state index contributed by atoms with van der Waals surface area (Å²) in [6, 6.07) is 25.1. The maximum Gasteiger partial charge on any atom is 0.510 e. The van der Waals surface area contributed by atoms with E-state index in [9.17, 15) is 10.1 Å². The van der Waals surface area contributed by atoms with Crippen molar-refractivity contribution in [2.24, 2.45) is 0 Å². The fourth-order valence-corrected chi connectivity index (χ4v) is 2.24. The third kappa shape index (κ3) is 5.31. The van der Waals surface area contributed by atoms with Gasteiger partial charge >= 0.3 is 6.16 Å². The zero-order valence-corrected chi connectivity index (χ0v) is 14.3. The van der Waals surface area contributed by atoms with Crippen molar-refractivity contribution < 1.29 is 19.0 Å². The molecular formula is C21H16N2O4. The van der Waals surface area contributed by atoms with Gasteiger partial charge in [0.2, 0.25) is 12.0 Å². The summed E-state index contributed by atoms with van der Waals surface area (Å²) in [6.45, 7) is 0.0579. The van der Waals surface area contributed by atoms with Crippen LogP contribution in [-0.4, -0.2) is 11.1 Å². The van der Waals surface area contributed by atoms with E-state index in [1.807, 2.05) is 54.6 Å². The lowest BCUT2D eigenvalue weighted by Crippen LogP contribution is -2.13. The molecule has 0 fully saturated rings. The highest BCUT2D eigenvalue weighted by molar-refractivity contribution is 5.60. The number of aromatic nitrogens is 1. The van der Waals surface area contributed by atoms with E-state index in [0.29, 0.717) is 11.6 Å². The molecule has 0 amide bonds. The summed E-state index contributed by atoms with van der Waals surface area (Å²) in [5, 5.41) is 9.33. The molecule has 1 heterocycles. The molecule has 0 spiro atoms. The van der Waals surface area contributed by atoms with Crippen molar-refractivity contribution in [3.8, 4) is 17.7 Å². The van der Waals surface area contributed by atoms with E-state index < -0.39 is 12.3 Å². The molecule has 0 bridgehead atoms. The van der Waals surface area contributed by atoms with E-state index >= 15 is 0 Å². The lowest BCUT2D eigenvalue weighted by atomic mass is 10.2. The molecule has 2 aromatic carbocycles. The van der Waals surface area contributed by atoms with Crippen LogP contribution in [0.15, 0.2) is 78.9 Å². The SMILES string of the molecule is N#CC(OC(=O)OCc1ccccc1)c1cccc(Oc2ccccc2)n1. The highest BCUT2D eigenvalue weighted by atomic mass is 16.7. The van der Waals surface area contributed by atoms with Gasteiger partial charge in [0, 0.05) is 6.07 Å². The van der Waals surface area contributed by atoms with E-state index in [4.69, 9.17) is 14.2 Å². The van der Waals surface area contributed by atoms with Crippen molar-refractivity contribution in [2.75, 3.05) is 0 Å². The summed E-state index contributed by atoms with van der Waals surface area (Å²) in [5.41, 5.74) is 1.07. The number of ether oxygens (including phenoxy) is 3. The Bertz CT molecular complexity index is 924. The standard InChI is InChI=1S/C21H16N2O4/c22-14-19(27-21(24)25-15-16-8-3-1-4-9-16)18-12-7-13-20(23-18)26-17-10-5-2-6-11-17/h1-13,19H,15H2. The number of benzene rings is 2. The van der Waals surface area contributed by atoms with Gasteiger partial charge in [-0.2, -0.15) is 5.26 Å². The molecule has 1 unspecified atom stereocenters. The van der Waals surface area contributed by atoms with Gasteiger partial charge in [-0.1, -0.05) is 54.6 Å². The van der Waals surface area contributed by atoms with Crippen LogP contribution in [0.3, 0.4) is 0 Å². The lowest BCUT2D eigenvalue weighted by Gasteiger charge is -2.12. The first-order chi connectivity index (χ1) is 13.2. The third-order valence-electron chi connectivity index (χ3n) is 3.51. The molecule has 1 atom stereocenters. The summed E-state index contributed by atoms with van der Waals surface area (Å²) in [7, 11) is 0. The second-order valence-electron chi connectivity index (χ2n) is 5.47. The second kappa shape index (κ2) is 9.02. The molecular weight excluding hydrogens is 344 g/mol. The Kier molecular flexibility index (Phi) is 6.00. The van der Waals surface area contributed by atoms with E-state index in [0.717, 1.165) is 5.56 Å². The number of nitriles is 1. The Morgan fingerprint density at radius 1 is 0.963 bits per heavy atom. The number of rotatable bonds is 6. The molecule has 134 valence electrons. The molecule has 6 nitrogen and oxygen atoms in total. The van der Waals surface area contributed by atoms with Crippen molar-refractivity contribution in [2.45, 2.75) is 12.7 Å². The number of para-hydroxylation sites is 1. The van der Waals surface area contributed by atoms with Crippen molar-refractivity contribution in [1.29, 1.82) is 5.26 Å². The molecule has 3 aromatic rings. The van der Waals surface area contributed by atoms with E-state index in [-0.39, 0.29) is 12.3 Å². The second-order valence-corrected chi connectivity index (χ2v) is 5.47. The number of carbonyl (C=O) groups is 1. The molecule has 0 saturated heterocycles. The highest BCUT2D eigenvalue weighted by Gasteiger charge is 2.19. The predicted molar refractivity (Wildman–Crippen MR) is 96.8 cm³/mol. The largest absolute Gasteiger partial charge is 0.510 e. The van der Waals surface area contributed by atoms with Crippen molar-refractivity contribution >= 4 is 6.16 Å². The van der Waals surface area contributed by atoms with Crippen molar-refractivity contribution in [1.82, 2.24) is 4.98 Å². The molecule has 0 aliphatic carbocycles. The normalized spacial score (nSPS) is 11.1. The van der Waals surface area contributed by atoms with Crippen LogP contribution >= 0.6 is 0 Å². The van der Waals surface area contributed by atoms with Crippen molar-refractivity contribution in [3.05, 3.63) is 90.1 Å². The van der Waals surface area contributed by atoms with Crippen LogP contribution in [0.4, 0.5) is 4.79 Å². The van der Waals surface area contributed by atoms with Gasteiger partial charge in [-0.05, 0) is 23.8 Å². The van der Waals surface area contributed by atoms with Crippen LogP contribution in [0.2, 0.25) is 0 Å². The molecule has 0 radical (unpaired) electrons. The zero-order valence-electron chi connectivity index (χ0n) is 14.3. The van der Waals surface area contributed by atoms with Crippen LogP contribution in [0.1, 0.15) is 17.4 Å². The maximum atomic E-state index is 11.9. The van der Waals surface area contributed by atoms with E-state index in [2.05, 4.69) is 4.98 Å². The Balaban J connectivity index is 1.62. The minimum atomic E-state index is -1.20. The van der Waals surface area contributed by atoms with E-state index in [1.165, 1.54) is 0 Å². The monoisotopic (exact) mass is 360 g/mol. The molecule has 6 heteroatoms. The molecule has 0 aliphatic heterocycles. The number of hydrogen-bond donors (Lipinski definition) is 0. The van der Waals surface area contributed by atoms with Gasteiger partial charge in [-0.3, -0.25) is 0 Å². The molecule has 0 saturated carbocycles. The van der Waals surface area contributed by atoms with Gasteiger partial charge in [0.25, 0.3) is 0 Å². The van der Waals surface area contributed by atoms with Gasteiger partial charge in [0.1, 0.15) is 18.4 Å². The van der Waals surface area contributed by atoms with E-state index in [1.54, 1.807) is 30.3 Å². The summed E-state index contributed by atoms with van der Waals surface area (Å²) < 4.78 is 15.7. The van der Waals surface area contributed by atoms with Crippen LogP contribution in [0.25, 0.3) is 0 Å². The summed E-state index contributed by atoms with van der Waals surface area (Å²) in [6.07, 6.45) is -2.14. The average Bonchev–Trinajstić information content (AvgIpc) is 2.72. The predicted octanol–water partition coefficient (Wildman–Crippen LogP) is 4.79. The Labute approximate surface area is 156 Å². The summed E-state index contributed by atoms with van der Waals surface area (Å²) in [4.78, 5) is 16.1. The van der Waals surface area contributed by atoms with Crippen molar-refractivity contribution in [3.63, 3.8) is 0 Å². The number of pyridine rings is 1. The molecule has 0 N–H and O–H groups in total. The molecule has 27 heavy (non-hydrogen) atoms. The Hall–Kier alpha value is -3.85. The van der Waals surface area contributed by atoms with Gasteiger partial charge in [-0.25, -0.2) is 9.78 Å². The summed E-state index contributed by atoms with van der Waals surface area (Å²) in [5.74, 6) is 0.902. The molecule has 1 aromatic heterocycles. The number of carbonyl (C=O) groups excluding carboxylic acids is 1.